The van der Waals surface area contributed by atoms with Gasteiger partial charge in [0, 0.05) is 32.9 Å². The second kappa shape index (κ2) is 6.18. The van der Waals surface area contributed by atoms with Crippen LogP contribution in [0.1, 0.15) is 29.8 Å². The first-order valence-corrected chi connectivity index (χ1v) is 9.72. The Labute approximate surface area is 159 Å². The first-order valence-electron chi connectivity index (χ1n) is 9.72. The highest BCUT2D eigenvalue weighted by Gasteiger charge is 2.33. The number of aryl methyl sites for hydroxylation is 4. The molecule has 7 nitrogen and oxygen atoms in total. The fraction of sp³-hybridized carbons (Fsp3) is 0.500. The predicted molar refractivity (Wildman–Crippen MR) is 106 cm³/mol. The largest absolute Gasteiger partial charge is 0.351 e. The highest BCUT2D eigenvalue weighted by molar-refractivity contribution is 5.87. The Hall–Kier alpha value is -2.70. The molecule has 1 fully saturated rings. The van der Waals surface area contributed by atoms with E-state index in [0.29, 0.717) is 6.04 Å². The van der Waals surface area contributed by atoms with E-state index >= 15 is 0 Å². The van der Waals surface area contributed by atoms with Crippen molar-refractivity contribution in [2.45, 2.75) is 38.6 Å². The van der Waals surface area contributed by atoms with Gasteiger partial charge >= 0.3 is 0 Å². The van der Waals surface area contributed by atoms with Crippen LogP contribution in [0.2, 0.25) is 0 Å². The highest BCUT2D eigenvalue weighted by atomic mass is 15.4. The van der Waals surface area contributed by atoms with Crippen molar-refractivity contribution in [2.75, 3.05) is 29.9 Å². The third-order valence-electron chi connectivity index (χ3n) is 6.17. The third kappa shape index (κ3) is 2.64. The number of likely N-dealkylation sites (N-methyl/N-ethyl adjacent to an activating group) is 1. The zero-order valence-corrected chi connectivity index (χ0v) is 16.2. The highest BCUT2D eigenvalue weighted by Crippen LogP contribution is 2.30. The minimum Gasteiger partial charge on any atom is -0.351 e. The third-order valence-corrected chi connectivity index (χ3v) is 6.17. The van der Waals surface area contributed by atoms with Gasteiger partial charge in [0.25, 0.3) is 0 Å². The first-order chi connectivity index (χ1) is 13.1. The summed E-state index contributed by atoms with van der Waals surface area (Å²) in [5.41, 5.74) is 5.88. The van der Waals surface area contributed by atoms with Crippen LogP contribution in [0.15, 0.2) is 18.5 Å². The first kappa shape index (κ1) is 16.5. The second-order valence-electron chi connectivity index (χ2n) is 7.83. The molecular formula is C20H25N7. The van der Waals surface area contributed by atoms with Gasteiger partial charge in [-0.3, -0.25) is 0 Å². The SMILES string of the molecule is Cc1cc2ncnc(N(C)C3CN(c4cc5c(nn4)CCCC5)C3)c2n1C. The van der Waals surface area contributed by atoms with Crippen LogP contribution >= 0.6 is 0 Å². The van der Waals surface area contributed by atoms with Gasteiger partial charge in [-0.15, -0.1) is 5.10 Å². The van der Waals surface area contributed by atoms with E-state index < -0.39 is 0 Å². The minimum atomic E-state index is 0.413. The van der Waals surface area contributed by atoms with Gasteiger partial charge in [0.15, 0.2) is 11.6 Å². The Morgan fingerprint density at radius 3 is 2.74 bits per heavy atom. The Morgan fingerprint density at radius 2 is 1.89 bits per heavy atom. The molecule has 3 aromatic heterocycles. The molecule has 0 bridgehead atoms. The average Bonchev–Trinajstić information content (AvgIpc) is 2.94. The summed E-state index contributed by atoms with van der Waals surface area (Å²) in [5.74, 6) is 2.01. The van der Waals surface area contributed by atoms with E-state index in [2.05, 4.69) is 67.7 Å². The number of rotatable bonds is 3. The van der Waals surface area contributed by atoms with E-state index in [0.717, 1.165) is 48.6 Å². The molecule has 0 radical (unpaired) electrons. The predicted octanol–water partition coefficient (Wildman–Crippen LogP) is 2.27. The van der Waals surface area contributed by atoms with Gasteiger partial charge < -0.3 is 14.4 Å². The van der Waals surface area contributed by atoms with E-state index in [1.807, 2.05) is 0 Å². The maximum Gasteiger partial charge on any atom is 0.156 e. The number of fused-ring (bicyclic) bond motifs is 2. The summed E-state index contributed by atoms with van der Waals surface area (Å²) in [4.78, 5) is 13.6. The van der Waals surface area contributed by atoms with Crippen molar-refractivity contribution in [3.63, 3.8) is 0 Å². The normalized spacial score (nSPS) is 17.1. The standard InChI is InChI=1S/C20H25N7/c1-13-8-17-19(25(13)2)20(22-12-21-17)26(3)15-10-27(11-15)18-9-14-6-4-5-7-16(14)23-24-18/h8-9,12,15H,4-7,10-11H2,1-3H3. The van der Waals surface area contributed by atoms with Crippen molar-refractivity contribution >= 4 is 22.7 Å². The van der Waals surface area contributed by atoms with Gasteiger partial charge in [-0.1, -0.05) is 0 Å². The fourth-order valence-corrected chi connectivity index (χ4v) is 4.23. The fourth-order valence-electron chi connectivity index (χ4n) is 4.23. The zero-order chi connectivity index (χ0) is 18.5. The molecule has 1 aliphatic heterocycles. The number of nitrogens with zero attached hydrogens (tertiary/aromatic N) is 7. The lowest BCUT2D eigenvalue weighted by atomic mass is 9.96. The molecule has 5 rings (SSSR count). The van der Waals surface area contributed by atoms with Gasteiger partial charge in [0.1, 0.15) is 11.8 Å². The van der Waals surface area contributed by atoms with Crippen LogP contribution in [0, 0.1) is 6.92 Å². The molecule has 2 aliphatic rings. The summed E-state index contributed by atoms with van der Waals surface area (Å²) in [7, 11) is 4.21. The van der Waals surface area contributed by atoms with E-state index in [1.54, 1.807) is 6.33 Å². The lowest BCUT2D eigenvalue weighted by Crippen LogP contribution is -2.59. The summed E-state index contributed by atoms with van der Waals surface area (Å²) < 4.78 is 2.17. The van der Waals surface area contributed by atoms with Crippen molar-refractivity contribution in [3.05, 3.63) is 35.4 Å². The minimum absolute atomic E-state index is 0.413. The Bertz CT molecular complexity index is 1000. The van der Waals surface area contributed by atoms with Crippen LogP contribution < -0.4 is 9.80 Å². The molecule has 0 atom stereocenters. The lowest BCUT2D eigenvalue weighted by Gasteiger charge is -2.45. The van der Waals surface area contributed by atoms with Gasteiger partial charge in [-0.05, 0) is 50.3 Å². The van der Waals surface area contributed by atoms with E-state index in [9.17, 15) is 0 Å². The monoisotopic (exact) mass is 363 g/mol. The van der Waals surface area contributed by atoms with Crippen LogP contribution in [-0.4, -0.2) is 50.9 Å². The molecular weight excluding hydrogens is 338 g/mol. The van der Waals surface area contributed by atoms with Crippen LogP contribution in [0.3, 0.4) is 0 Å². The maximum atomic E-state index is 4.59. The summed E-state index contributed by atoms with van der Waals surface area (Å²) in [6.45, 7) is 3.99. The second-order valence-corrected chi connectivity index (χ2v) is 7.83. The van der Waals surface area contributed by atoms with Crippen molar-refractivity contribution in [1.82, 2.24) is 24.7 Å². The van der Waals surface area contributed by atoms with Crippen LogP contribution in [0.4, 0.5) is 11.6 Å². The molecule has 4 heterocycles. The topological polar surface area (TPSA) is 63.0 Å². The van der Waals surface area contributed by atoms with Crippen LogP contribution in [0.5, 0.6) is 0 Å². The Kier molecular flexibility index (Phi) is 3.77. The molecule has 1 saturated heterocycles. The van der Waals surface area contributed by atoms with E-state index in [-0.39, 0.29) is 0 Å². The lowest BCUT2D eigenvalue weighted by molar-refractivity contribution is 0.486. The molecule has 0 unspecified atom stereocenters. The van der Waals surface area contributed by atoms with Gasteiger partial charge in [-0.25, -0.2) is 9.97 Å². The molecule has 140 valence electrons. The van der Waals surface area contributed by atoms with Crippen molar-refractivity contribution < 1.29 is 0 Å². The number of hydrogen-bond donors (Lipinski definition) is 0. The van der Waals surface area contributed by atoms with Gasteiger partial charge in [0.05, 0.1) is 17.3 Å². The molecule has 7 heteroatoms. The molecule has 0 spiro atoms. The van der Waals surface area contributed by atoms with Crippen LogP contribution in [-0.2, 0) is 19.9 Å². The molecule has 3 aromatic rings. The summed E-state index contributed by atoms with van der Waals surface area (Å²) in [5, 5.41) is 8.95. The number of hydrogen-bond acceptors (Lipinski definition) is 6. The van der Waals surface area contributed by atoms with E-state index in [1.165, 1.54) is 29.8 Å². The van der Waals surface area contributed by atoms with E-state index in [4.69, 9.17) is 0 Å². The Balaban J connectivity index is 1.35. The smallest absolute Gasteiger partial charge is 0.156 e. The van der Waals surface area contributed by atoms with Gasteiger partial charge in [0.2, 0.25) is 0 Å². The molecule has 0 N–H and O–H groups in total. The number of anilines is 2. The molecule has 0 saturated carbocycles. The van der Waals surface area contributed by atoms with Crippen LogP contribution in [0.25, 0.3) is 11.0 Å². The zero-order valence-electron chi connectivity index (χ0n) is 16.2. The summed E-state index contributed by atoms with van der Waals surface area (Å²) >= 11 is 0. The molecule has 0 aromatic carbocycles. The average molecular weight is 363 g/mol. The molecule has 27 heavy (non-hydrogen) atoms. The summed E-state index contributed by atoms with van der Waals surface area (Å²) in [6, 6.07) is 4.78. The van der Waals surface area contributed by atoms with Crippen molar-refractivity contribution in [1.29, 1.82) is 0 Å². The quantitative estimate of drug-likeness (QED) is 0.711. The molecule has 1 aliphatic carbocycles. The summed E-state index contributed by atoms with van der Waals surface area (Å²) in [6.07, 6.45) is 6.39. The Morgan fingerprint density at radius 1 is 1.07 bits per heavy atom. The van der Waals surface area contributed by atoms with Crippen molar-refractivity contribution in [3.8, 4) is 0 Å². The van der Waals surface area contributed by atoms with Crippen molar-refractivity contribution in [2.24, 2.45) is 7.05 Å². The maximum absolute atomic E-state index is 4.59. The molecule has 0 amide bonds. The number of aromatic nitrogens is 5. The van der Waals surface area contributed by atoms with Gasteiger partial charge in [-0.2, -0.15) is 5.10 Å².